The van der Waals surface area contributed by atoms with Crippen LogP contribution < -0.4 is 9.80 Å². The van der Waals surface area contributed by atoms with Crippen LogP contribution in [0, 0.1) is 0 Å². The number of anilines is 2. The van der Waals surface area contributed by atoms with Crippen molar-refractivity contribution in [2.75, 3.05) is 49.7 Å². The van der Waals surface area contributed by atoms with Crippen molar-refractivity contribution in [2.45, 2.75) is 9.79 Å². The van der Waals surface area contributed by atoms with Gasteiger partial charge in [0.25, 0.3) is 0 Å². The molecule has 0 aromatic heterocycles. The van der Waals surface area contributed by atoms with Crippen LogP contribution in [0.2, 0.25) is 0 Å². The third kappa shape index (κ3) is 3.52. The zero-order chi connectivity index (χ0) is 19.0. The maximum Gasteiger partial charge on any atom is 0.0938 e. The molecule has 2 aromatic rings. The van der Waals surface area contributed by atoms with E-state index in [9.17, 15) is 0 Å². The van der Waals surface area contributed by atoms with E-state index in [4.69, 9.17) is 0 Å². The summed E-state index contributed by atoms with van der Waals surface area (Å²) in [6.45, 7) is 1.81. The normalized spacial score (nSPS) is 17.3. The Hall–Kier alpha value is -2.53. The second-order valence-electron chi connectivity index (χ2n) is 7.65. The Morgan fingerprint density at radius 2 is 1.11 bits per heavy atom. The highest BCUT2D eigenvalue weighted by Gasteiger charge is 2.21. The van der Waals surface area contributed by atoms with Crippen LogP contribution in [0.5, 0.6) is 0 Å². The van der Waals surface area contributed by atoms with Crippen molar-refractivity contribution in [2.24, 2.45) is 0 Å². The minimum atomic E-state index is -1.10. The Kier molecular flexibility index (Phi) is 4.56. The van der Waals surface area contributed by atoms with Crippen molar-refractivity contribution in [3.8, 4) is 0 Å². The second kappa shape index (κ2) is 6.89. The molecule has 27 heavy (non-hydrogen) atoms. The van der Waals surface area contributed by atoms with Gasteiger partial charge in [-0.05, 0) is 58.7 Å². The monoisotopic (exact) mass is 380 g/mol. The first-order valence-corrected chi connectivity index (χ1v) is 11.6. The standard InChI is InChI=1S/C22H28N4S/c1-23-11-13-25(17-23)19-7-5-9-21(15-19)27(3,4)22-10-6-8-20(16-22)26-14-12-24(2)18-26/h5-16H,17-18H2,1-4H3. The van der Waals surface area contributed by atoms with Crippen molar-refractivity contribution >= 4 is 21.4 Å². The summed E-state index contributed by atoms with van der Waals surface area (Å²) in [5.41, 5.74) is 2.52. The fourth-order valence-electron chi connectivity index (χ4n) is 3.49. The Labute approximate surface area is 164 Å². The lowest BCUT2D eigenvalue weighted by Gasteiger charge is -2.34. The Morgan fingerprint density at radius 1 is 0.667 bits per heavy atom. The summed E-state index contributed by atoms with van der Waals surface area (Å²) < 4.78 is 0. The number of hydrogen-bond donors (Lipinski definition) is 0. The molecule has 0 N–H and O–H groups in total. The molecular formula is C22H28N4S. The van der Waals surface area contributed by atoms with Crippen LogP contribution in [0.3, 0.4) is 0 Å². The predicted molar refractivity (Wildman–Crippen MR) is 117 cm³/mol. The van der Waals surface area contributed by atoms with Gasteiger partial charge in [-0.1, -0.05) is 12.1 Å². The van der Waals surface area contributed by atoms with Crippen molar-refractivity contribution < 1.29 is 0 Å². The van der Waals surface area contributed by atoms with Crippen LogP contribution in [0.15, 0.2) is 83.1 Å². The summed E-state index contributed by atoms with van der Waals surface area (Å²) in [6, 6.07) is 18.0. The van der Waals surface area contributed by atoms with Crippen molar-refractivity contribution in [3.63, 3.8) is 0 Å². The Morgan fingerprint density at radius 3 is 1.48 bits per heavy atom. The molecule has 0 bridgehead atoms. The van der Waals surface area contributed by atoms with Crippen LogP contribution in [0.4, 0.5) is 11.4 Å². The minimum absolute atomic E-state index is 0.906. The van der Waals surface area contributed by atoms with E-state index < -0.39 is 10.0 Å². The Balaban J connectivity index is 1.64. The molecule has 0 fully saturated rings. The van der Waals surface area contributed by atoms with Gasteiger partial charge in [0.1, 0.15) is 0 Å². The second-order valence-corrected chi connectivity index (χ2v) is 11.3. The third-order valence-electron chi connectivity index (χ3n) is 5.23. The zero-order valence-corrected chi connectivity index (χ0v) is 17.4. The topological polar surface area (TPSA) is 13.0 Å². The fourth-order valence-corrected chi connectivity index (χ4v) is 5.43. The van der Waals surface area contributed by atoms with Gasteiger partial charge in [0, 0.05) is 50.3 Å². The lowest BCUT2D eigenvalue weighted by atomic mass is 10.3. The van der Waals surface area contributed by atoms with Gasteiger partial charge in [0.2, 0.25) is 0 Å². The Bertz CT molecular complexity index is 818. The highest BCUT2D eigenvalue weighted by molar-refractivity contribution is 8.32. The average Bonchev–Trinajstić information content (AvgIpc) is 3.30. The van der Waals surface area contributed by atoms with Crippen molar-refractivity contribution in [1.82, 2.24) is 9.80 Å². The summed E-state index contributed by atoms with van der Waals surface area (Å²) >= 11 is 0. The molecule has 142 valence electrons. The SMILES string of the molecule is CN1C=CN(c2cccc(S(C)(C)c3cccc(N4C=CN(C)C4)c3)c2)C1. The predicted octanol–water partition coefficient (Wildman–Crippen LogP) is 4.53. The minimum Gasteiger partial charge on any atom is -0.361 e. The van der Waals surface area contributed by atoms with E-state index in [0.717, 1.165) is 13.3 Å². The van der Waals surface area contributed by atoms with Crippen LogP contribution in [-0.2, 0) is 0 Å². The van der Waals surface area contributed by atoms with Crippen LogP contribution in [-0.4, -0.2) is 49.7 Å². The summed E-state index contributed by atoms with van der Waals surface area (Å²) in [4.78, 5) is 11.8. The molecule has 0 saturated heterocycles. The van der Waals surface area contributed by atoms with E-state index in [1.54, 1.807) is 0 Å². The molecule has 5 heteroatoms. The molecule has 0 saturated carbocycles. The molecule has 0 unspecified atom stereocenters. The van der Waals surface area contributed by atoms with Gasteiger partial charge < -0.3 is 19.6 Å². The maximum absolute atomic E-state index is 2.39. The first-order valence-electron chi connectivity index (χ1n) is 9.17. The highest BCUT2D eigenvalue weighted by Crippen LogP contribution is 2.57. The van der Waals surface area contributed by atoms with Crippen molar-refractivity contribution in [1.29, 1.82) is 0 Å². The number of hydrogen-bond acceptors (Lipinski definition) is 4. The lowest BCUT2D eigenvalue weighted by Crippen LogP contribution is -2.21. The summed E-state index contributed by atoms with van der Waals surface area (Å²) in [5.74, 6) is 0. The van der Waals surface area contributed by atoms with Crippen LogP contribution >= 0.6 is 10.0 Å². The number of benzene rings is 2. The molecular weight excluding hydrogens is 352 g/mol. The first-order chi connectivity index (χ1) is 12.9. The van der Waals surface area contributed by atoms with Gasteiger partial charge in [-0.2, -0.15) is 10.0 Å². The molecule has 2 aliphatic heterocycles. The van der Waals surface area contributed by atoms with Crippen LogP contribution in [0.1, 0.15) is 0 Å². The summed E-state index contributed by atoms with van der Waals surface area (Å²) in [6.07, 6.45) is 13.3. The molecule has 0 amide bonds. The molecule has 0 spiro atoms. The zero-order valence-electron chi connectivity index (χ0n) is 16.5. The molecule has 2 heterocycles. The summed E-state index contributed by atoms with van der Waals surface area (Å²) in [7, 11) is 3.11. The fraction of sp³-hybridized carbons (Fsp3) is 0.273. The molecule has 2 aliphatic rings. The molecule has 2 aromatic carbocycles. The molecule has 0 atom stereocenters. The van der Waals surface area contributed by atoms with E-state index in [-0.39, 0.29) is 0 Å². The van der Waals surface area contributed by atoms with Crippen LogP contribution in [0.25, 0.3) is 0 Å². The summed E-state index contributed by atoms with van der Waals surface area (Å²) in [5, 5.41) is 0. The van der Waals surface area contributed by atoms with Gasteiger partial charge in [-0.3, -0.25) is 0 Å². The smallest absolute Gasteiger partial charge is 0.0938 e. The van der Waals surface area contributed by atoms with Gasteiger partial charge >= 0.3 is 0 Å². The number of rotatable bonds is 4. The van der Waals surface area contributed by atoms with Gasteiger partial charge in [-0.15, -0.1) is 0 Å². The van der Waals surface area contributed by atoms with E-state index in [1.165, 1.54) is 21.2 Å². The lowest BCUT2D eigenvalue weighted by molar-refractivity contribution is 0.495. The molecule has 4 nitrogen and oxygen atoms in total. The third-order valence-corrected chi connectivity index (χ3v) is 8.09. The van der Waals surface area contributed by atoms with E-state index in [0.29, 0.717) is 0 Å². The molecule has 0 aliphatic carbocycles. The number of nitrogens with zero attached hydrogens (tertiary/aromatic N) is 4. The first kappa shape index (κ1) is 17.9. The van der Waals surface area contributed by atoms with Crippen molar-refractivity contribution in [3.05, 3.63) is 73.3 Å². The quantitative estimate of drug-likeness (QED) is 0.772. The molecule has 0 radical (unpaired) electrons. The average molecular weight is 381 g/mol. The highest BCUT2D eigenvalue weighted by atomic mass is 32.3. The van der Waals surface area contributed by atoms with Gasteiger partial charge in [-0.25, -0.2) is 0 Å². The largest absolute Gasteiger partial charge is 0.361 e. The maximum atomic E-state index is 2.39. The van der Waals surface area contributed by atoms with Gasteiger partial charge in [0.15, 0.2) is 0 Å². The van der Waals surface area contributed by atoms with E-state index in [2.05, 4.69) is 120 Å². The molecule has 4 rings (SSSR count). The van der Waals surface area contributed by atoms with Gasteiger partial charge in [0.05, 0.1) is 13.3 Å². The van der Waals surface area contributed by atoms with E-state index in [1.807, 2.05) is 0 Å². The van der Waals surface area contributed by atoms with E-state index >= 15 is 0 Å².